The molecule has 2 aromatic rings. The number of halogens is 1. The van der Waals surface area contributed by atoms with E-state index in [1.54, 1.807) is 6.20 Å². The lowest BCUT2D eigenvalue weighted by Crippen LogP contribution is -2.26. The number of aromatic nitrogens is 2. The third kappa shape index (κ3) is 3.79. The number of sulfonamides is 1. The average Bonchev–Trinajstić information content (AvgIpc) is 2.80. The molecule has 0 bridgehead atoms. The summed E-state index contributed by atoms with van der Waals surface area (Å²) in [6, 6.07) is 3.22. The van der Waals surface area contributed by atoms with Crippen molar-refractivity contribution in [1.29, 1.82) is 0 Å². The molecule has 2 rings (SSSR count). The monoisotopic (exact) mass is 312 g/mol. The Kier molecular flexibility index (Phi) is 4.59. The van der Waals surface area contributed by atoms with E-state index in [-0.39, 0.29) is 17.1 Å². The molecule has 0 saturated heterocycles. The molecule has 1 aromatic carbocycles. The molecule has 1 heterocycles. The summed E-state index contributed by atoms with van der Waals surface area (Å²) >= 11 is 0. The van der Waals surface area contributed by atoms with E-state index in [0.717, 1.165) is 29.5 Å². The van der Waals surface area contributed by atoms with E-state index in [0.29, 0.717) is 12.8 Å². The van der Waals surface area contributed by atoms with Gasteiger partial charge >= 0.3 is 0 Å². The maximum absolute atomic E-state index is 12.9. The second-order valence-electron chi connectivity index (χ2n) is 4.70. The number of aryl methyl sites for hydroxylation is 2. The number of nitrogens with one attached hydrogen (secondary N) is 2. The molecule has 0 radical (unpaired) electrons. The van der Waals surface area contributed by atoms with E-state index in [9.17, 15) is 12.8 Å². The molecular formula is C13H17FN4O2S. The Morgan fingerprint density at radius 1 is 1.43 bits per heavy atom. The predicted octanol–water partition coefficient (Wildman–Crippen LogP) is 1.35. The second kappa shape index (κ2) is 6.23. The third-order valence-electron chi connectivity index (χ3n) is 3.11. The fourth-order valence-electron chi connectivity index (χ4n) is 1.95. The highest BCUT2D eigenvalue weighted by molar-refractivity contribution is 7.89. The van der Waals surface area contributed by atoms with Gasteiger partial charge in [0.05, 0.1) is 11.9 Å². The van der Waals surface area contributed by atoms with E-state index in [4.69, 9.17) is 5.73 Å². The molecule has 21 heavy (non-hydrogen) atoms. The highest BCUT2D eigenvalue weighted by Crippen LogP contribution is 2.18. The third-order valence-corrected chi connectivity index (χ3v) is 4.65. The molecule has 0 aliphatic heterocycles. The summed E-state index contributed by atoms with van der Waals surface area (Å²) in [5.74, 6) is -0.568. The number of anilines is 1. The van der Waals surface area contributed by atoms with Gasteiger partial charge in [-0.1, -0.05) is 0 Å². The van der Waals surface area contributed by atoms with Crippen LogP contribution in [0.2, 0.25) is 0 Å². The molecule has 0 aliphatic rings. The molecule has 8 heteroatoms. The minimum atomic E-state index is -3.72. The van der Waals surface area contributed by atoms with E-state index >= 15 is 0 Å². The van der Waals surface area contributed by atoms with E-state index in [1.807, 2.05) is 6.92 Å². The number of nitrogen functional groups attached to an aromatic ring is 1. The second-order valence-corrected chi connectivity index (χ2v) is 6.44. The lowest BCUT2D eigenvalue weighted by molar-refractivity contribution is 0.578. The van der Waals surface area contributed by atoms with Crippen LogP contribution in [0.3, 0.4) is 0 Å². The Hall–Kier alpha value is -1.93. The van der Waals surface area contributed by atoms with Crippen LogP contribution in [0, 0.1) is 12.7 Å². The summed E-state index contributed by atoms with van der Waals surface area (Å²) in [6.45, 7) is 2.18. The Balaban J connectivity index is 1.94. The minimum absolute atomic E-state index is 0.104. The van der Waals surface area contributed by atoms with Gasteiger partial charge in [0.1, 0.15) is 10.7 Å². The molecule has 4 N–H and O–H groups in total. The number of H-pyrrole nitrogens is 1. The van der Waals surface area contributed by atoms with Gasteiger partial charge in [0, 0.05) is 12.2 Å². The Labute approximate surface area is 122 Å². The topological polar surface area (TPSA) is 101 Å². The summed E-state index contributed by atoms with van der Waals surface area (Å²) in [4.78, 5) is -0.108. The van der Waals surface area contributed by atoms with Crippen LogP contribution < -0.4 is 10.5 Å². The zero-order chi connectivity index (χ0) is 15.5. The molecule has 0 saturated carbocycles. The number of aromatic amines is 1. The summed E-state index contributed by atoms with van der Waals surface area (Å²) in [7, 11) is -3.72. The summed E-state index contributed by atoms with van der Waals surface area (Å²) < 4.78 is 39.5. The first-order chi connectivity index (χ1) is 9.90. The van der Waals surface area contributed by atoms with E-state index < -0.39 is 15.8 Å². The highest BCUT2D eigenvalue weighted by Gasteiger charge is 2.17. The highest BCUT2D eigenvalue weighted by atomic mass is 32.2. The molecule has 114 valence electrons. The standard InChI is InChI=1S/C13H17FN4O2S/c1-9-10(8-16-18-9)3-2-6-17-21(19,20)13-5-4-11(14)7-12(13)15/h4-5,7-8,17H,2-3,6,15H2,1H3,(H,16,18). The van der Waals surface area contributed by atoms with Crippen molar-refractivity contribution in [2.75, 3.05) is 12.3 Å². The van der Waals surface area contributed by atoms with Crippen LogP contribution in [-0.2, 0) is 16.4 Å². The van der Waals surface area contributed by atoms with Crippen molar-refractivity contribution in [3.05, 3.63) is 41.5 Å². The van der Waals surface area contributed by atoms with Crippen LogP contribution in [0.1, 0.15) is 17.7 Å². The molecule has 0 spiro atoms. The summed E-state index contributed by atoms with van der Waals surface area (Å²) in [5.41, 5.74) is 7.46. The van der Waals surface area contributed by atoms with Crippen LogP contribution in [0.15, 0.2) is 29.3 Å². The van der Waals surface area contributed by atoms with Crippen molar-refractivity contribution >= 4 is 15.7 Å². The molecule has 0 aliphatic carbocycles. The molecule has 6 nitrogen and oxygen atoms in total. The van der Waals surface area contributed by atoms with Crippen LogP contribution in [0.5, 0.6) is 0 Å². The Morgan fingerprint density at radius 3 is 2.81 bits per heavy atom. The number of benzene rings is 1. The predicted molar refractivity (Wildman–Crippen MR) is 77.6 cm³/mol. The molecule has 0 fully saturated rings. The normalized spacial score (nSPS) is 11.7. The summed E-state index contributed by atoms with van der Waals surface area (Å²) in [6.07, 6.45) is 3.06. The van der Waals surface area contributed by atoms with Gasteiger partial charge in [0.25, 0.3) is 0 Å². The fourth-order valence-corrected chi connectivity index (χ4v) is 3.14. The lowest BCUT2D eigenvalue weighted by Gasteiger charge is -2.09. The van der Waals surface area contributed by atoms with Gasteiger partial charge in [-0.3, -0.25) is 5.10 Å². The maximum atomic E-state index is 12.9. The first-order valence-corrected chi connectivity index (χ1v) is 7.92. The molecule has 1 aromatic heterocycles. The minimum Gasteiger partial charge on any atom is -0.398 e. The van der Waals surface area contributed by atoms with Gasteiger partial charge in [-0.2, -0.15) is 5.10 Å². The zero-order valence-electron chi connectivity index (χ0n) is 11.6. The largest absolute Gasteiger partial charge is 0.398 e. The Morgan fingerprint density at radius 2 is 2.19 bits per heavy atom. The number of hydrogen-bond donors (Lipinski definition) is 3. The van der Waals surface area contributed by atoms with Crippen molar-refractivity contribution in [3.8, 4) is 0 Å². The molecule has 0 unspecified atom stereocenters. The number of nitrogens with zero attached hydrogens (tertiary/aromatic N) is 1. The van der Waals surface area contributed by atoms with Crippen molar-refractivity contribution in [1.82, 2.24) is 14.9 Å². The van der Waals surface area contributed by atoms with Crippen LogP contribution in [0.25, 0.3) is 0 Å². The molecule has 0 atom stereocenters. The smallest absolute Gasteiger partial charge is 0.242 e. The fraction of sp³-hybridized carbons (Fsp3) is 0.308. The van der Waals surface area contributed by atoms with Gasteiger partial charge in [-0.05, 0) is 43.5 Å². The first kappa shape index (κ1) is 15.5. The van der Waals surface area contributed by atoms with Gasteiger partial charge in [0.2, 0.25) is 10.0 Å². The van der Waals surface area contributed by atoms with Gasteiger partial charge in [0.15, 0.2) is 0 Å². The average molecular weight is 312 g/mol. The number of nitrogens with two attached hydrogens (primary N) is 1. The van der Waals surface area contributed by atoms with Crippen LogP contribution in [-0.4, -0.2) is 25.2 Å². The van der Waals surface area contributed by atoms with Crippen LogP contribution in [0.4, 0.5) is 10.1 Å². The van der Waals surface area contributed by atoms with E-state index in [2.05, 4.69) is 14.9 Å². The maximum Gasteiger partial charge on any atom is 0.242 e. The van der Waals surface area contributed by atoms with Gasteiger partial charge < -0.3 is 5.73 Å². The Bertz CT molecular complexity index is 728. The van der Waals surface area contributed by atoms with Crippen molar-refractivity contribution in [2.24, 2.45) is 0 Å². The zero-order valence-corrected chi connectivity index (χ0v) is 12.4. The van der Waals surface area contributed by atoms with Crippen LogP contribution >= 0.6 is 0 Å². The van der Waals surface area contributed by atoms with Gasteiger partial charge in [-0.25, -0.2) is 17.5 Å². The van der Waals surface area contributed by atoms with Crippen molar-refractivity contribution in [2.45, 2.75) is 24.7 Å². The molecule has 0 amide bonds. The van der Waals surface area contributed by atoms with E-state index in [1.165, 1.54) is 0 Å². The summed E-state index contributed by atoms with van der Waals surface area (Å²) in [5, 5.41) is 6.72. The lowest BCUT2D eigenvalue weighted by atomic mass is 10.1. The number of rotatable bonds is 6. The van der Waals surface area contributed by atoms with Gasteiger partial charge in [-0.15, -0.1) is 0 Å². The molecular weight excluding hydrogens is 295 g/mol. The van der Waals surface area contributed by atoms with Crippen molar-refractivity contribution in [3.63, 3.8) is 0 Å². The first-order valence-electron chi connectivity index (χ1n) is 6.43. The quantitative estimate of drug-likeness (QED) is 0.553. The number of hydrogen-bond acceptors (Lipinski definition) is 4. The SMILES string of the molecule is Cc1[nH]ncc1CCCNS(=O)(=O)c1ccc(F)cc1N. The van der Waals surface area contributed by atoms with Crippen molar-refractivity contribution < 1.29 is 12.8 Å².